The van der Waals surface area contributed by atoms with Gasteiger partial charge in [0.2, 0.25) is 5.91 Å². The van der Waals surface area contributed by atoms with Gasteiger partial charge in [-0.2, -0.15) is 0 Å². The third-order valence-corrected chi connectivity index (χ3v) is 3.93. The molecule has 2 rings (SSSR count). The summed E-state index contributed by atoms with van der Waals surface area (Å²) in [6.07, 6.45) is 2.83. The first-order valence-electron chi connectivity index (χ1n) is 7.07. The highest BCUT2D eigenvalue weighted by Gasteiger charge is 2.55. The van der Waals surface area contributed by atoms with E-state index in [2.05, 4.69) is 0 Å². The molecule has 0 unspecified atom stereocenters. The summed E-state index contributed by atoms with van der Waals surface area (Å²) >= 11 is 0. The van der Waals surface area contributed by atoms with Crippen LogP contribution in [0.1, 0.15) is 40.0 Å². The van der Waals surface area contributed by atoms with Crippen LogP contribution in [0.3, 0.4) is 0 Å². The number of hydrogen-bond donors (Lipinski definition) is 0. The number of esters is 1. The van der Waals surface area contributed by atoms with Crippen LogP contribution in [-0.2, 0) is 19.1 Å². The summed E-state index contributed by atoms with van der Waals surface area (Å²) in [6.45, 7) is 6.89. The van der Waals surface area contributed by atoms with Gasteiger partial charge >= 0.3 is 5.97 Å². The molecule has 1 saturated carbocycles. The van der Waals surface area contributed by atoms with E-state index in [0.29, 0.717) is 13.2 Å². The average molecular weight is 269 g/mol. The van der Waals surface area contributed by atoms with Crippen molar-refractivity contribution in [1.29, 1.82) is 0 Å². The molecule has 1 aliphatic heterocycles. The van der Waals surface area contributed by atoms with E-state index in [1.807, 2.05) is 13.8 Å². The highest BCUT2D eigenvalue weighted by atomic mass is 16.5. The van der Waals surface area contributed by atoms with E-state index in [1.165, 1.54) is 0 Å². The fourth-order valence-electron chi connectivity index (χ4n) is 3.08. The molecule has 0 aromatic heterocycles. The van der Waals surface area contributed by atoms with Gasteiger partial charge in [-0.25, -0.2) is 0 Å². The van der Waals surface area contributed by atoms with E-state index in [-0.39, 0.29) is 36.0 Å². The molecule has 1 spiro atoms. The molecular formula is C14H23NO4. The first kappa shape index (κ1) is 14.3. The Morgan fingerprint density at radius 1 is 1.47 bits per heavy atom. The third kappa shape index (κ3) is 2.91. The van der Waals surface area contributed by atoms with Gasteiger partial charge < -0.3 is 14.4 Å². The van der Waals surface area contributed by atoms with Crippen molar-refractivity contribution in [3.63, 3.8) is 0 Å². The molecule has 5 heteroatoms. The summed E-state index contributed by atoms with van der Waals surface area (Å²) in [5.74, 6) is -0.216. The monoisotopic (exact) mass is 269 g/mol. The van der Waals surface area contributed by atoms with Crippen molar-refractivity contribution in [2.24, 2.45) is 5.41 Å². The summed E-state index contributed by atoms with van der Waals surface area (Å²) in [5.41, 5.74) is -0.258. The van der Waals surface area contributed by atoms with Crippen LogP contribution in [0, 0.1) is 5.41 Å². The number of amides is 1. The normalized spacial score (nSPS) is 30.0. The van der Waals surface area contributed by atoms with Crippen molar-refractivity contribution in [3.05, 3.63) is 0 Å². The van der Waals surface area contributed by atoms with Crippen LogP contribution in [0.25, 0.3) is 0 Å². The lowest BCUT2D eigenvalue weighted by molar-refractivity contribution is -0.158. The number of ether oxygens (including phenoxy) is 2. The summed E-state index contributed by atoms with van der Waals surface area (Å²) in [6, 6.07) is 0. The highest BCUT2D eigenvalue weighted by molar-refractivity contribution is 5.89. The zero-order valence-corrected chi connectivity index (χ0v) is 12.0. The van der Waals surface area contributed by atoms with Gasteiger partial charge in [0.15, 0.2) is 0 Å². The second-order valence-electron chi connectivity index (χ2n) is 5.78. The molecule has 1 heterocycles. The second kappa shape index (κ2) is 5.49. The molecule has 1 amide bonds. The Morgan fingerprint density at radius 3 is 2.74 bits per heavy atom. The van der Waals surface area contributed by atoms with Gasteiger partial charge in [0, 0.05) is 6.54 Å². The van der Waals surface area contributed by atoms with Gasteiger partial charge in [-0.15, -0.1) is 0 Å². The van der Waals surface area contributed by atoms with E-state index < -0.39 is 0 Å². The topological polar surface area (TPSA) is 55.8 Å². The number of rotatable bonds is 5. The lowest BCUT2D eigenvalue weighted by Gasteiger charge is -2.43. The van der Waals surface area contributed by atoms with Crippen LogP contribution in [0.5, 0.6) is 0 Å². The molecule has 0 bridgehead atoms. The van der Waals surface area contributed by atoms with Crippen molar-refractivity contribution < 1.29 is 19.1 Å². The first-order chi connectivity index (χ1) is 8.97. The van der Waals surface area contributed by atoms with Crippen LogP contribution in [-0.4, -0.2) is 48.7 Å². The molecule has 0 aromatic carbocycles. The summed E-state index contributed by atoms with van der Waals surface area (Å²) < 4.78 is 10.6. The van der Waals surface area contributed by atoms with Crippen LogP contribution >= 0.6 is 0 Å². The lowest BCUT2D eigenvalue weighted by atomic mass is 9.65. The molecular weight excluding hydrogens is 246 g/mol. The van der Waals surface area contributed by atoms with E-state index in [4.69, 9.17) is 9.47 Å². The minimum Gasteiger partial charge on any atom is -0.465 e. The number of hydrogen-bond acceptors (Lipinski definition) is 4. The molecule has 0 radical (unpaired) electrons. The average Bonchev–Trinajstić information content (AvgIpc) is 2.57. The molecule has 2 fully saturated rings. The minimum absolute atomic E-state index is 0.0874. The first-order valence-corrected chi connectivity index (χ1v) is 7.07. The molecule has 1 saturated heterocycles. The number of carbonyl (C=O) groups excluding carboxylic acids is 2. The molecule has 2 aliphatic rings. The molecule has 0 atom stereocenters. The lowest BCUT2D eigenvalue weighted by Crippen LogP contribution is -2.49. The van der Waals surface area contributed by atoms with E-state index in [1.54, 1.807) is 11.8 Å². The smallest absolute Gasteiger partial charge is 0.325 e. The quantitative estimate of drug-likeness (QED) is 0.707. The SMILES string of the molecule is CCOC(=O)CN1CCC2(CC(OC(C)C)C2)C1=O. The largest absolute Gasteiger partial charge is 0.465 e. The van der Waals surface area contributed by atoms with Gasteiger partial charge in [0.1, 0.15) is 6.54 Å². The van der Waals surface area contributed by atoms with Crippen molar-refractivity contribution in [1.82, 2.24) is 4.90 Å². The molecule has 108 valence electrons. The van der Waals surface area contributed by atoms with Crippen LogP contribution < -0.4 is 0 Å². The predicted molar refractivity (Wildman–Crippen MR) is 69.5 cm³/mol. The summed E-state index contributed by atoms with van der Waals surface area (Å²) in [7, 11) is 0. The van der Waals surface area contributed by atoms with Crippen LogP contribution in [0.4, 0.5) is 0 Å². The van der Waals surface area contributed by atoms with E-state index in [0.717, 1.165) is 19.3 Å². The van der Waals surface area contributed by atoms with Gasteiger partial charge in [-0.3, -0.25) is 9.59 Å². The molecule has 1 aliphatic carbocycles. The predicted octanol–water partition coefficient (Wildman–Crippen LogP) is 1.36. The zero-order chi connectivity index (χ0) is 14.0. The Morgan fingerprint density at radius 2 is 2.16 bits per heavy atom. The highest BCUT2D eigenvalue weighted by Crippen LogP contribution is 2.50. The van der Waals surface area contributed by atoms with Crippen molar-refractivity contribution in [2.45, 2.75) is 52.2 Å². The van der Waals surface area contributed by atoms with Gasteiger partial charge in [-0.1, -0.05) is 0 Å². The fourth-order valence-corrected chi connectivity index (χ4v) is 3.08. The van der Waals surface area contributed by atoms with Gasteiger partial charge in [-0.05, 0) is 40.0 Å². The van der Waals surface area contributed by atoms with E-state index in [9.17, 15) is 9.59 Å². The van der Waals surface area contributed by atoms with Crippen molar-refractivity contribution in [3.8, 4) is 0 Å². The molecule has 0 aromatic rings. The van der Waals surface area contributed by atoms with Crippen LogP contribution in [0.15, 0.2) is 0 Å². The Labute approximate surface area is 114 Å². The zero-order valence-electron chi connectivity index (χ0n) is 12.0. The summed E-state index contributed by atoms with van der Waals surface area (Å²) in [4.78, 5) is 25.4. The van der Waals surface area contributed by atoms with Crippen LogP contribution in [0.2, 0.25) is 0 Å². The Kier molecular flexibility index (Phi) is 4.13. The molecule has 0 N–H and O–H groups in total. The number of nitrogens with zero attached hydrogens (tertiary/aromatic N) is 1. The number of likely N-dealkylation sites (tertiary alicyclic amines) is 1. The Balaban J connectivity index is 1.84. The Bertz CT molecular complexity index is 360. The maximum Gasteiger partial charge on any atom is 0.325 e. The Hall–Kier alpha value is -1.10. The second-order valence-corrected chi connectivity index (χ2v) is 5.78. The number of carbonyl (C=O) groups is 2. The molecule has 5 nitrogen and oxygen atoms in total. The van der Waals surface area contributed by atoms with E-state index >= 15 is 0 Å². The maximum absolute atomic E-state index is 12.3. The fraction of sp³-hybridized carbons (Fsp3) is 0.857. The standard InChI is InChI=1S/C14H23NO4/c1-4-18-12(16)9-15-6-5-14(13(15)17)7-11(8-14)19-10(2)3/h10-11H,4-9H2,1-3H3. The third-order valence-electron chi connectivity index (χ3n) is 3.93. The van der Waals surface area contributed by atoms with Crippen molar-refractivity contribution >= 4 is 11.9 Å². The van der Waals surface area contributed by atoms with Gasteiger partial charge in [0.25, 0.3) is 0 Å². The maximum atomic E-state index is 12.3. The van der Waals surface area contributed by atoms with Crippen molar-refractivity contribution in [2.75, 3.05) is 19.7 Å². The van der Waals surface area contributed by atoms with Gasteiger partial charge in [0.05, 0.1) is 24.2 Å². The summed E-state index contributed by atoms with van der Waals surface area (Å²) in [5, 5.41) is 0. The minimum atomic E-state index is -0.317. The molecule has 19 heavy (non-hydrogen) atoms.